The van der Waals surface area contributed by atoms with E-state index in [1.165, 1.54) is 25.8 Å². The number of hydrogen-bond acceptors (Lipinski definition) is 8. The first-order valence-corrected chi connectivity index (χ1v) is 10.0. The first-order valence-electron chi connectivity index (χ1n) is 9.65. The van der Waals surface area contributed by atoms with E-state index in [0.29, 0.717) is 28.8 Å². The highest BCUT2D eigenvalue weighted by molar-refractivity contribution is 6.29. The molecule has 2 aromatic heterocycles. The van der Waals surface area contributed by atoms with Crippen molar-refractivity contribution in [2.24, 2.45) is 0 Å². The number of esters is 1. The van der Waals surface area contributed by atoms with Crippen LogP contribution in [0.25, 0.3) is 5.82 Å². The van der Waals surface area contributed by atoms with Gasteiger partial charge in [-0.05, 0) is 36.8 Å². The molecule has 0 spiro atoms. The van der Waals surface area contributed by atoms with Crippen molar-refractivity contribution >= 4 is 29.3 Å². The molecule has 10 nitrogen and oxygen atoms in total. The highest BCUT2D eigenvalue weighted by Gasteiger charge is 2.34. The summed E-state index contributed by atoms with van der Waals surface area (Å²) in [5.41, 5.74) is 2.28. The van der Waals surface area contributed by atoms with Crippen LogP contribution in [-0.2, 0) is 9.59 Å². The van der Waals surface area contributed by atoms with Gasteiger partial charge in [0, 0.05) is 24.8 Å². The molecule has 0 aliphatic carbocycles. The molecule has 1 unspecified atom stereocenters. The Morgan fingerprint density at radius 1 is 1.19 bits per heavy atom. The predicted molar refractivity (Wildman–Crippen MR) is 115 cm³/mol. The van der Waals surface area contributed by atoms with Gasteiger partial charge in [0.15, 0.2) is 22.5 Å². The highest BCUT2D eigenvalue weighted by Crippen LogP contribution is 2.46. The first-order chi connectivity index (χ1) is 15.3. The number of carbonyl (C=O) groups excluding carboxylic acids is 2. The van der Waals surface area contributed by atoms with Gasteiger partial charge in [-0.1, -0.05) is 11.6 Å². The monoisotopic (exact) mass is 457 g/mol. The lowest BCUT2D eigenvalue weighted by molar-refractivity contribution is -0.132. The molecule has 3 heterocycles. The molecule has 1 aliphatic rings. The Hall–Kier alpha value is -3.66. The van der Waals surface area contributed by atoms with Crippen LogP contribution in [0, 0.1) is 6.92 Å². The molecular weight excluding hydrogens is 438 g/mol. The maximum atomic E-state index is 12.6. The van der Waals surface area contributed by atoms with Gasteiger partial charge in [-0.2, -0.15) is 9.78 Å². The van der Waals surface area contributed by atoms with Crippen LogP contribution in [0.1, 0.15) is 36.1 Å². The van der Waals surface area contributed by atoms with Crippen LogP contribution >= 0.6 is 11.6 Å². The quantitative estimate of drug-likeness (QED) is 0.459. The number of rotatable bonds is 5. The van der Waals surface area contributed by atoms with Gasteiger partial charge in [-0.25, -0.2) is 0 Å². The normalized spacial score (nSPS) is 15.0. The third kappa shape index (κ3) is 3.84. The van der Waals surface area contributed by atoms with Crippen LogP contribution in [0.5, 0.6) is 17.2 Å². The lowest BCUT2D eigenvalue weighted by atomic mass is 9.85. The zero-order valence-electron chi connectivity index (χ0n) is 17.8. The van der Waals surface area contributed by atoms with Crippen molar-refractivity contribution in [3.63, 3.8) is 0 Å². The fourth-order valence-corrected chi connectivity index (χ4v) is 3.87. The topological polar surface area (TPSA) is 117 Å². The second-order valence-electron chi connectivity index (χ2n) is 7.13. The summed E-state index contributed by atoms with van der Waals surface area (Å²) in [5.74, 6) is 0.689. The molecule has 32 heavy (non-hydrogen) atoms. The summed E-state index contributed by atoms with van der Waals surface area (Å²) in [6.07, 6.45) is 0.186. The number of methoxy groups -OCH3 is 2. The summed E-state index contributed by atoms with van der Waals surface area (Å²) in [6, 6.07) is 6.72. The van der Waals surface area contributed by atoms with E-state index in [4.69, 9.17) is 25.8 Å². The minimum atomic E-state index is -0.505. The number of aryl methyl sites for hydroxylation is 1. The molecule has 166 valence electrons. The molecule has 1 amide bonds. The van der Waals surface area contributed by atoms with E-state index >= 15 is 0 Å². The second kappa shape index (κ2) is 8.46. The molecule has 1 atom stereocenters. The van der Waals surface area contributed by atoms with Crippen LogP contribution in [0.4, 0.5) is 5.82 Å². The molecule has 1 aromatic carbocycles. The van der Waals surface area contributed by atoms with Crippen molar-refractivity contribution in [2.75, 3.05) is 19.5 Å². The number of aromatic nitrogens is 4. The second-order valence-corrected chi connectivity index (χ2v) is 7.51. The Morgan fingerprint density at radius 3 is 2.44 bits per heavy atom. The molecule has 0 saturated heterocycles. The lowest BCUT2D eigenvalue weighted by Gasteiger charge is -2.25. The zero-order chi connectivity index (χ0) is 23.0. The fraction of sp³-hybridized carbons (Fsp3) is 0.286. The van der Waals surface area contributed by atoms with Crippen molar-refractivity contribution < 1.29 is 23.8 Å². The first kappa shape index (κ1) is 21.6. The van der Waals surface area contributed by atoms with E-state index in [-0.39, 0.29) is 29.1 Å². The molecule has 11 heteroatoms. The van der Waals surface area contributed by atoms with Gasteiger partial charge in [0.2, 0.25) is 11.7 Å². The van der Waals surface area contributed by atoms with Crippen LogP contribution < -0.4 is 19.5 Å². The van der Waals surface area contributed by atoms with Gasteiger partial charge < -0.3 is 19.5 Å². The summed E-state index contributed by atoms with van der Waals surface area (Å²) >= 11 is 5.85. The maximum Gasteiger partial charge on any atom is 0.308 e. The lowest BCUT2D eigenvalue weighted by Crippen LogP contribution is -2.25. The summed E-state index contributed by atoms with van der Waals surface area (Å²) in [5, 5.41) is 15.6. The smallest absolute Gasteiger partial charge is 0.308 e. The third-order valence-electron chi connectivity index (χ3n) is 5.07. The molecule has 0 saturated carbocycles. The number of benzene rings is 1. The number of hydrogen-bond donors (Lipinski definition) is 1. The van der Waals surface area contributed by atoms with Gasteiger partial charge in [0.1, 0.15) is 5.82 Å². The third-order valence-corrected chi connectivity index (χ3v) is 5.27. The largest absolute Gasteiger partial charge is 0.493 e. The predicted octanol–water partition coefficient (Wildman–Crippen LogP) is 3.04. The number of ether oxygens (including phenoxy) is 3. The van der Waals surface area contributed by atoms with E-state index in [9.17, 15) is 9.59 Å². The van der Waals surface area contributed by atoms with Gasteiger partial charge in [0.25, 0.3) is 0 Å². The maximum absolute atomic E-state index is 12.6. The van der Waals surface area contributed by atoms with Crippen LogP contribution in [0.3, 0.4) is 0 Å². The average molecular weight is 458 g/mol. The Labute approximate surface area is 188 Å². The number of fused-ring (bicyclic) bond motifs is 1. The van der Waals surface area contributed by atoms with E-state index in [1.807, 2.05) is 6.92 Å². The fourth-order valence-electron chi connectivity index (χ4n) is 3.77. The number of halogens is 1. The number of amides is 1. The van der Waals surface area contributed by atoms with Crippen molar-refractivity contribution in [1.29, 1.82) is 0 Å². The van der Waals surface area contributed by atoms with Crippen molar-refractivity contribution in [3.05, 3.63) is 46.2 Å². The molecule has 3 aromatic rings. The van der Waals surface area contributed by atoms with E-state index in [0.717, 1.165) is 11.1 Å². The zero-order valence-corrected chi connectivity index (χ0v) is 18.6. The summed E-state index contributed by atoms with van der Waals surface area (Å²) in [4.78, 5) is 24.2. The number of anilines is 1. The summed E-state index contributed by atoms with van der Waals surface area (Å²) in [7, 11) is 2.93. The van der Waals surface area contributed by atoms with Gasteiger partial charge in [-0.15, -0.1) is 10.2 Å². The number of carbonyl (C=O) groups is 2. The van der Waals surface area contributed by atoms with Crippen molar-refractivity contribution in [2.45, 2.75) is 26.2 Å². The van der Waals surface area contributed by atoms with Crippen molar-refractivity contribution in [3.8, 4) is 23.1 Å². The molecule has 1 N–H and O–H groups in total. The summed E-state index contributed by atoms with van der Waals surface area (Å²) in [6.45, 7) is 3.15. The Balaban J connectivity index is 1.86. The van der Waals surface area contributed by atoms with E-state index in [1.54, 1.807) is 24.3 Å². The van der Waals surface area contributed by atoms with Gasteiger partial charge >= 0.3 is 5.97 Å². The van der Waals surface area contributed by atoms with Crippen LogP contribution in [0.2, 0.25) is 5.15 Å². The standard InChI is InChI=1S/C21H20ClN5O5/c1-10-19-13(12-7-14(30-3)20(32-11(2)28)15(8-12)31-4)9-18(29)23-21(19)27(26-10)17-6-5-16(22)24-25-17/h5-8,13H,9H2,1-4H3,(H,23,29). The molecule has 4 rings (SSSR count). The van der Waals surface area contributed by atoms with E-state index in [2.05, 4.69) is 20.6 Å². The highest BCUT2D eigenvalue weighted by atomic mass is 35.5. The van der Waals surface area contributed by atoms with Gasteiger partial charge in [0.05, 0.1) is 19.9 Å². The van der Waals surface area contributed by atoms with Gasteiger partial charge in [-0.3, -0.25) is 9.59 Å². The number of nitrogens with zero attached hydrogens (tertiary/aromatic N) is 4. The van der Waals surface area contributed by atoms with Crippen LogP contribution in [0.15, 0.2) is 24.3 Å². The Bertz CT molecular complexity index is 1180. The molecule has 0 radical (unpaired) electrons. The summed E-state index contributed by atoms with van der Waals surface area (Å²) < 4.78 is 17.7. The average Bonchev–Trinajstić information content (AvgIpc) is 3.09. The Kier molecular flexibility index (Phi) is 5.70. The van der Waals surface area contributed by atoms with Crippen molar-refractivity contribution in [1.82, 2.24) is 20.0 Å². The molecular formula is C21H20ClN5O5. The minimum Gasteiger partial charge on any atom is -0.493 e. The minimum absolute atomic E-state index is 0.176. The molecule has 0 fully saturated rings. The Morgan fingerprint density at radius 2 is 1.88 bits per heavy atom. The molecule has 0 bridgehead atoms. The number of nitrogens with one attached hydrogen (secondary N) is 1. The van der Waals surface area contributed by atoms with E-state index < -0.39 is 5.97 Å². The van der Waals surface area contributed by atoms with Crippen LogP contribution in [-0.4, -0.2) is 46.1 Å². The SMILES string of the molecule is COc1cc(C2CC(=O)Nc3c2c(C)nn3-c2ccc(Cl)nn2)cc(OC)c1OC(C)=O. The molecule has 1 aliphatic heterocycles.